The van der Waals surface area contributed by atoms with Crippen molar-refractivity contribution in [2.45, 2.75) is 6.92 Å². The van der Waals surface area contributed by atoms with E-state index in [2.05, 4.69) is 15.3 Å². The number of thiazole rings is 1. The average Bonchev–Trinajstić information content (AvgIpc) is 3.22. The van der Waals surface area contributed by atoms with Gasteiger partial charge in [-0.1, -0.05) is 34.5 Å². The summed E-state index contributed by atoms with van der Waals surface area (Å²) in [7, 11) is 0. The van der Waals surface area contributed by atoms with Crippen LogP contribution >= 0.6 is 34.5 Å². The number of carbonyl (C=O) groups is 1. The van der Waals surface area contributed by atoms with Crippen LogP contribution in [0.15, 0.2) is 76.1 Å². The molecule has 0 spiro atoms. The molecule has 0 aliphatic heterocycles. The van der Waals surface area contributed by atoms with E-state index in [1.807, 2.05) is 25.1 Å². The van der Waals surface area contributed by atoms with E-state index in [1.165, 1.54) is 11.3 Å². The summed E-state index contributed by atoms with van der Waals surface area (Å²) in [6.07, 6.45) is 0. The van der Waals surface area contributed by atoms with Gasteiger partial charge in [0.1, 0.15) is 16.9 Å². The zero-order valence-electron chi connectivity index (χ0n) is 17.8. The molecule has 0 atom stereocenters. The largest absolute Gasteiger partial charge is 0.494 e. The van der Waals surface area contributed by atoms with Crippen molar-refractivity contribution in [3.8, 4) is 5.75 Å². The van der Waals surface area contributed by atoms with Gasteiger partial charge in [-0.3, -0.25) is 10.1 Å². The Balaban J connectivity index is 1.56. The summed E-state index contributed by atoms with van der Waals surface area (Å²) in [5.74, 6) is 0.355. The fourth-order valence-corrected chi connectivity index (χ4v) is 4.56. The van der Waals surface area contributed by atoms with E-state index in [-0.39, 0.29) is 11.1 Å². The van der Waals surface area contributed by atoms with E-state index in [1.54, 1.807) is 48.5 Å². The molecular weight excluding hydrogens is 493 g/mol. The van der Waals surface area contributed by atoms with Crippen molar-refractivity contribution in [1.29, 1.82) is 0 Å². The van der Waals surface area contributed by atoms with Crippen molar-refractivity contribution in [2.24, 2.45) is 4.99 Å². The molecule has 5 aromatic rings. The minimum Gasteiger partial charge on any atom is -0.494 e. The molecule has 1 N–H and O–H groups in total. The van der Waals surface area contributed by atoms with Gasteiger partial charge >= 0.3 is 0 Å². The Morgan fingerprint density at radius 2 is 1.85 bits per heavy atom. The van der Waals surface area contributed by atoms with E-state index >= 15 is 0 Å². The molecule has 0 saturated heterocycles. The minimum atomic E-state index is -0.401. The van der Waals surface area contributed by atoms with Gasteiger partial charge in [-0.25, -0.2) is 9.98 Å². The molecule has 2 heterocycles. The van der Waals surface area contributed by atoms with Crippen molar-refractivity contribution < 1.29 is 13.9 Å². The molecular formula is C25H17Cl2N3O3S. The number of halogens is 2. The smallest absolute Gasteiger partial charge is 0.262 e. The summed E-state index contributed by atoms with van der Waals surface area (Å²) in [4.78, 5) is 22.4. The standard InChI is InChI=1S/C25H17Cl2N3O3S/c1-2-32-18-8-9-20-22(13-18)34-25(29-20)30-23(31)19-12-14-11-16(27)5-10-21(14)33-24(19)28-17-6-3-15(26)4-7-17/h3-13H,2H2,1H3,(H,29,30,31). The first kappa shape index (κ1) is 22.4. The van der Waals surface area contributed by atoms with Crippen LogP contribution in [0.2, 0.25) is 10.0 Å². The monoisotopic (exact) mass is 509 g/mol. The predicted octanol–water partition coefficient (Wildman–Crippen LogP) is 7.23. The fraction of sp³-hybridized carbons (Fsp3) is 0.0800. The van der Waals surface area contributed by atoms with Crippen molar-refractivity contribution in [3.05, 3.63) is 87.9 Å². The number of amides is 1. The first-order valence-electron chi connectivity index (χ1n) is 10.4. The molecule has 3 aromatic carbocycles. The third kappa shape index (κ3) is 4.77. The highest BCUT2D eigenvalue weighted by atomic mass is 35.5. The zero-order chi connectivity index (χ0) is 23.7. The van der Waals surface area contributed by atoms with Crippen LogP contribution in [0.3, 0.4) is 0 Å². The lowest BCUT2D eigenvalue weighted by atomic mass is 10.1. The summed E-state index contributed by atoms with van der Waals surface area (Å²) < 4.78 is 12.4. The number of hydrogen-bond donors (Lipinski definition) is 1. The number of carbonyl (C=O) groups excluding carboxylic acids is 1. The summed E-state index contributed by atoms with van der Waals surface area (Å²) in [6, 6.07) is 19.4. The Morgan fingerprint density at radius 1 is 1.06 bits per heavy atom. The predicted molar refractivity (Wildman–Crippen MR) is 137 cm³/mol. The maximum atomic E-state index is 13.3. The second-order valence-corrected chi connectivity index (χ2v) is 9.17. The fourth-order valence-electron chi connectivity index (χ4n) is 3.36. The second-order valence-electron chi connectivity index (χ2n) is 7.27. The van der Waals surface area contributed by atoms with Crippen LogP contribution < -0.4 is 15.6 Å². The van der Waals surface area contributed by atoms with Crippen molar-refractivity contribution >= 4 is 72.5 Å². The lowest BCUT2D eigenvalue weighted by molar-refractivity contribution is 0.102. The third-order valence-electron chi connectivity index (χ3n) is 4.90. The van der Waals surface area contributed by atoms with Crippen LogP contribution in [0.25, 0.3) is 21.2 Å². The molecule has 9 heteroatoms. The molecule has 170 valence electrons. The Bertz CT molecular complexity index is 1590. The highest BCUT2D eigenvalue weighted by molar-refractivity contribution is 7.22. The molecule has 2 aromatic heterocycles. The molecule has 0 radical (unpaired) electrons. The third-order valence-corrected chi connectivity index (χ3v) is 6.32. The molecule has 6 nitrogen and oxygen atoms in total. The Hall–Kier alpha value is -3.39. The van der Waals surface area contributed by atoms with Crippen LogP contribution in [0.5, 0.6) is 5.75 Å². The van der Waals surface area contributed by atoms with E-state index in [9.17, 15) is 4.79 Å². The molecule has 0 aliphatic carbocycles. The molecule has 34 heavy (non-hydrogen) atoms. The van der Waals surface area contributed by atoms with Crippen LogP contribution in [0.4, 0.5) is 10.8 Å². The minimum absolute atomic E-state index is 0.161. The lowest BCUT2D eigenvalue weighted by Crippen LogP contribution is -2.21. The summed E-state index contributed by atoms with van der Waals surface area (Å²) >= 11 is 13.5. The normalized spacial score (nSPS) is 11.8. The second kappa shape index (κ2) is 9.46. The molecule has 0 saturated carbocycles. The number of nitrogens with zero attached hydrogens (tertiary/aromatic N) is 2. The summed E-state index contributed by atoms with van der Waals surface area (Å²) in [5.41, 5.74) is 2.33. The Morgan fingerprint density at radius 3 is 2.65 bits per heavy atom. The van der Waals surface area contributed by atoms with Gasteiger partial charge in [0.2, 0.25) is 5.55 Å². The van der Waals surface area contributed by atoms with Gasteiger partial charge in [0.25, 0.3) is 5.91 Å². The highest BCUT2D eigenvalue weighted by Crippen LogP contribution is 2.30. The summed E-state index contributed by atoms with van der Waals surface area (Å²) in [6.45, 7) is 2.50. The number of nitrogens with one attached hydrogen (secondary N) is 1. The van der Waals surface area contributed by atoms with Crippen LogP contribution in [0.1, 0.15) is 17.3 Å². The van der Waals surface area contributed by atoms with Crippen LogP contribution in [0, 0.1) is 0 Å². The number of benzene rings is 3. The maximum absolute atomic E-state index is 13.3. The van der Waals surface area contributed by atoms with Gasteiger partial charge in [-0.2, -0.15) is 0 Å². The molecule has 5 rings (SSSR count). The Kier molecular flexibility index (Phi) is 6.24. The first-order chi connectivity index (χ1) is 16.5. The number of rotatable bonds is 5. The average molecular weight is 510 g/mol. The van der Waals surface area contributed by atoms with Crippen LogP contribution in [-0.4, -0.2) is 17.5 Å². The number of hydrogen-bond acceptors (Lipinski definition) is 6. The van der Waals surface area contributed by atoms with E-state index < -0.39 is 5.91 Å². The van der Waals surface area contributed by atoms with Gasteiger partial charge in [-0.15, -0.1) is 0 Å². The molecule has 0 aliphatic rings. The molecule has 0 bridgehead atoms. The SMILES string of the molecule is CCOc1ccc2nc(NC(=O)c3cc4cc(Cl)ccc4oc3=Nc3ccc(Cl)cc3)sc2c1. The number of anilines is 1. The summed E-state index contributed by atoms with van der Waals surface area (Å²) in [5, 5.41) is 5.13. The molecule has 1 amide bonds. The Labute approximate surface area is 208 Å². The van der Waals surface area contributed by atoms with Crippen LogP contribution in [-0.2, 0) is 0 Å². The molecule has 0 unspecified atom stereocenters. The number of ether oxygens (including phenoxy) is 1. The van der Waals surface area contributed by atoms with E-state index in [4.69, 9.17) is 32.4 Å². The van der Waals surface area contributed by atoms with Crippen molar-refractivity contribution in [3.63, 3.8) is 0 Å². The van der Waals surface area contributed by atoms with Gasteiger partial charge in [0, 0.05) is 15.4 Å². The topological polar surface area (TPSA) is 76.7 Å². The van der Waals surface area contributed by atoms with Gasteiger partial charge in [0.05, 0.1) is 22.5 Å². The maximum Gasteiger partial charge on any atom is 0.262 e. The zero-order valence-corrected chi connectivity index (χ0v) is 20.2. The number of aromatic nitrogens is 1. The van der Waals surface area contributed by atoms with E-state index in [0.29, 0.717) is 38.4 Å². The van der Waals surface area contributed by atoms with Gasteiger partial charge in [0.15, 0.2) is 5.13 Å². The van der Waals surface area contributed by atoms with Crippen molar-refractivity contribution in [1.82, 2.24) is 4.98 Å². The first-order valence-corrected chi connectivity index (χ1v) is 11.9. The quantitative estimate of drug-likeness (QED) is 0.271. The van der Waals surface area contributed by atoms with Crippen molar-refractivity contribution in [2.75, 3.05) is 11.9 Å². The number of fused-ring (bicyclic) bond motifs is 2. The van der Waals surface area contributed by atoms with Gasteiger partial charge in [-0.05, 0) is 73.7 Å². The highest BCUT2D eigenvalue weighted by Gasteiger charge is 2.16. The van der Waals surface area contributed by atoms with Gasteiger partial charge < -0.3 is 9.15 Å². The lowest BCUT2D eigenvalue weighted by Gasteiger charge is -2.05. The molecule has 0 fully saturated rings. The van der Waals surface area contributed by atoms with E-state index in [0.717, 1.165) is 16.0 Å².